The molecule has 422 valence electrons. The lowest BCUT2D eigenvalue weighted by Crippen LogP contribution is -2.37. The van der Waals surface area contributed by atoms with Gasteiger partial charge in [-0.3, -0.25) is 24.0 Å². The zero-order valence-electron chi connectivity index (χ0n) is 43.8. The highest BCUT2D eigenvalue weighted by Gasteiger charge is 2.42. The Hall–Kier alpha value is -5.68. The van der Waals surface area contributed by atoms with E-state index in [4.69, 9.17) is 42.7 Å². The lowest BCUT2D eigenvalue weighted by Gasteiger charge is -2.26. The fourth-order valence-corrected chi connectivity index (χ4v) is 10.1. The van der Waals surface area contributed by atoms with Gasteiger partial charge in [0.05, 0.1) is 136 Å². The standard InChI is InChI=1S/C54H74N6O16S/c61-47(15-16-49(63)59-39-43-9-2-1-7-41(43)13-14-42-8-3-4-10-45(42)59)55-20-24-69-28-32-73-36-38-75-34-30-71-26-22-58(48(62)12-6-5-11-46-53-44(40-77-46)56-54(67)57-53)21-25-70-29-33-74-37-35-72-31-27-68-23-19-52(66)76-60-50(64)17-18-51(60)65/h1-4,7-10,44,46,53H,5-6,11-12,15-40H2,(H,55,61)(H2,56,57,67)/t44-,46+,53-/m0/s1. The molecule has 2 aromatic carbocycles. The minimum Gasteiger partial charge on any atom is -0.378 e. The normalized spacial score (nSPS) is 17.4. The molecule has 0 spiro atoms. The first-order chi connectivity index (χ1) is 37.7. The first-order valence-electron chi connectivity index (χ1n) is 26.6. The van der Waals surface area contributed by atoms with Crippen LogP contribution in [0.15, 0.2) is 48.5 Å². The van der Waals surface area contributed by atoms with Gasteiger partial charge in [-0.05, 0) is 36.6 Å². The number of nitrogens with one attached hydrogen (secondary N) is 3. The number of hydroxylamine groups is 2. The number of hydrogen-bond acceptors (Lipinski definition) is 17. The van der Waals surface area contributed by atoms with E-state index < -0.39 is 17.8 Å². The Morgan fingerprint density at radius 3 is 1.83 bits per heavy atom. The number of benzene rings is 2. The predicted molar refractivity (Wildman–Crippen MR) is 281 cm³/mol. The van der Waals surface area contributed by atoms with Crippen LogP contribution in [0.3, 0.4) is 0 Å². The fourth-order valence-electron chi connectivity index (χ4n) is 8.53. The molecule has 3 N–H and O–H groups in total. The SMILES string of the molecule is O=C(CCC(=O)N1Cc2ccccc2C#Cc2ccccc21)NCCOCCOCCOCCOCCN(CCOCCOCCOCCOCCC(=O)ON1C(=O)CCC1=O)C(=O)CCCC[C@H]1SC[C@@H]2NC(=O)N[C@@H]21. The summed E-state index contributed by atoms with van der Waals surface area (Å²) in [6.45, 7) is 6.54. The van der Waals surface area contributed by atoms with Crippen LogP contribution in [0.5, 0.6) is 0 Å². The highest BCUT2D eigenvalue weighted by molar-refractivity contribution is 8.00. The average Bonchev–Trinajstić information content (AvgIpc) is 4.10. The number of urea groups is 1. The van der Waals surface area contributed by atoms with Crippen LogP contribution in [0.25, 0.3) is 0 Å². The third-order valence-electron chi connectivity index (χ3n) is 12.6. The van der Waals surface area contributed by atoms with E-state index >= 15 is 0 Å². The van der Waals surface area contributed by atoms with Crippen LogP contribution in [-0.4, -0.2) is 200 Å². The van der Waals surface area contributed by atoms with Crippen LogP contribution < -0.4 is 20.9 Å². The molecule has 7 amide bonds. The highest BCUT2D eigenvalue weighted by atomic mass is 32.2. The maximum Gasteiger partial charge on any atom is 0.335 e. The number of rotatable bonds is 39. The molecule has 4 aliphatic rings. The van der Waals surface area contributed by atoms with Crippen molar-refractivity contribution in [1.29, 1.82) is 0 Å². The maximum absolute atomic E-state index is 13.4. The molecule has 3 fully saturated rings. The minimum atomic E-state index is -0.724. The summed E-state index contributed by atoms with van der Waals surface area (Å²) in [7, 11) is 0. The summed E-state index contributed by atoms with van der Waals surface area (Å²) in [6, 6.07) is 15.5. The number of fused-ring (bicyclic) bond motifs is 3. The second-order valence-electron chi connectivity index (χ2n) is 18.2. The number of imide groups is 1. The Labute approximate surface area is 454 Å². The molecule has 0 aromatic heterocycles. The van der Waals surface area contributed by atoms with Crippen molar-refractivity contribution in [3.8, 4) is 11.8 Å². The largest absolute Gasteiger partial charge is 0.378 e. The summed E-state index contributed by atoms with van der Waals surface area (Å²) in [6.07, 6.45) is 3.02. The quantitative estimate of drug-likeness (QED) is 0.0377. The van der Waals surface area contributed by atoms with Gasteiger partial charge in [-0.2, -0.15) is 11.8 Å². The van der Waals surface area contributed by atoms with Crippen LogP contribution in [0.1, 0.15) is 74.5 Å². The van der Waals surface area contributed by atoms with Crippen molar-refractivity contribution in [3.05, 3.63) is 65.2 Å². The van der Waals surface area contributed by atoms with Crippen molar-refractivity contribution in [2.45, 2.75) is 81.7 Å². The summed E-state index contributed by atoms with van der Waals surface area (Å²) in [5, 5.41) is 9.66. The second-order valence-corrected chi connectivity index (χ2v) is 19.5. The molecule has 4 heterocycles. The molecule has 2 aromatic rings. The number of nitrogens with zero attached hydrogens (tertiary/aromatic N) is 3. The molecule has 0 aliphatic carbocycles. The summed E-state index contributed by atoms with van der Waals surface area (Å²) in [5.41, 5.74) is 3.33. The monoisotopic (exact) mass is 1090 g/mol. The Morgan fingerprint density at radius 1 is 0.623 bits per heavy atom. The van der Waals surface area contributed by atoms with Gasteiger partial charge >= 0.3 is 12.0 Å². The summed E-state index contributed by atoms with van der Waals surface area (Å²) < 4.78 is 44.8. The molecule has 0 radical (unpaired) electrons. The zero-order chi connectivity index (χ0) is 54.3. The highest BCUT2D eigenvalue weighted by Crippen LogP contribution is 2.33. The molecule has 3 saturated heterocycles. The molecule has 22 nitrogen and oxygen atoms in total. The van der Waals surface area contributed by atoms with Gasteiger partial charge in [0.1, 0.15) is 0 Å². The van der Waals surface area contributed by atoms with Crippen molar-refractivity contribution in [1.82, 2.24) is 25.9 Å². The molecular formula is C54H74N6O16S. The van der Waals surface area contributed by atoms with Gasteiger partial charge in [-0.15, -0.1) is 5.06 Å². The number of carbonyl (C=O) groups is 7. The van der Waals surface area contributed by atoms with E-state index in [0.29, 0.717) is 129 Å². The molecule has 6 rings (SSSR count). The predicted octanol–water partition coefficient (Wildman–Crippen LogP) is 2.51. The number of thioether (sulfide) groups is 1. The van der Waals surface area contributed by atoms with Crippen LogP contribution in [0.4, 0.5) is 10.5 Å². The number of carbonyl (C=O) groups excluding carboxylic acids is 7. The topological polar surface area (TPSA) is 248 Å². The molecule has 23 heteroatoms. The van der Waals surface area contributed by atoms with Gasteiger partial charge in [-0.1, -0.05) is 48.6 Å². The third-order valence-corrected chi connectivity index (χ3v) is 14.1. The number of amides is 7. The summed E-state index contributed by atoms with van der Waals surface area (Å²) in [5.74, 6) is 5.16. The lowest BCUT2D eigenvalue weighted by atomic mass is 10.0. The first-order valence-corrected chi connectivity index (χ1v) is 27.6. The van der Waals surface area contributed by atoms with Gasteiger partial charge in [0.2, 0.25) is 17.7 Å². The average molecular weight is 1100 g/mol. The van der Waals surface area contributed by atoms with Crippen molar-refractivity contribution >= 4 is 59.0 Å². The van der Waals surface area contributed by atoms with Crippen molar-refractivity contribution in [2.75, 3.05) is 136 Å². The van der Waals surface area contributed by atoms with Crippen LogP contribution in [0, 0.1) is 11.8 Å². The van der Waals surface area contributed by atoms with E-state index in [0.717, 1.165) is 47.4 Å². The van der Waals surface area contributed by atoms with Gasteiger partial charge in [0.15, 0.2) is 0 Å². The van der Waals surface area contributed by atoms with Crippen molar-refractivity contribution < 1.29 is 76.3 Å². The number of para-hydroxylation sites is 1. The maximum atomic E-state index is 13.4. The van der Waals surface area contributed by atoms with E-state index in [2.05, 4.69) is 27.8 Å². The summed E-state index contributed by atoms with van der Waals surface area (Å²) >= 11 is 1.86. The van der Waals surface area contributed by atoms with Gasteiger partial charge < -0.3 is 68.5 Å². The van der Waals surface area contributed by atoms with Gasteiger partial charge in [-0.25, -0.2) is 9.59 Å². The Morgan fingerprint density at radius 2 is 1.18 bits per heavy atom. The first kappa shape index (κ1) is 60.5. The Kier molecular flexibility index (Phi) is 27.5. The third kappa shape index (κ3) is 21.9. The van der Waals surface area contributed by atoms with E-state index in [1.54, 1.807) is 9.80 Å². The second kappa shape index (κ2) is 35.0. The molecule has 4 aliphatic heterocycles. The van der Waals surface area contributed by atoms with Crippen LogP contribution in [0.2, 0.25) is 0 Å². The van der Waals surface area contributed by atoms with Crippen LogP contribution >= 0.6 is 11.8 Å². The van der Waals surface area contributed by atoms with Crippen molar-refractivity contribution in [2.24, 2.45) is 0 Å². The molecule has 0 unspecified atom stereocenters. The van der Waals surface area contributed by atoms with E-state index in [1.807, 2.05) is 60.3 Å². The van der Waals surface area contributed by atoms with Crippen molar-refractivity contribution in [3.63, 3.8) is 0 Å². The van der Waals surface area contributed by atoms with Gasteiger partial charge in [0.25, 0.3) is 11.8 Å². The number of anilines is 1. The van der Waals surface area contributed by atoms with Crippen LogP contribution in [-0.2, 0) is 78.0 Å². The lowest BCUT2D eigenvalue weighted by molar-refractivity contribution is -0.198. The molecule has 3 atom stereocenters. The molecular weight excluding hydrogens is 1020 g/mol. The van der Waals surface area contributed by atoms with E-state index in [-0.39, 0.29) is 87.8 Å². The fraction of sp³-hybridized carbons (Fsp3) is 0.611. The Bertz CT molecular complexity index is 2270. The smallest absolute Gasteiger partial charge is 0.335 e. The minimum absolute atomic E-state index is 0.0253. The number of unbranched alkanes of at least 4 members (excludes halogenated alkanes) is 1. The molecule has 0 bridgehead atoms. The molecule has 0 saturated carbocycles. The number of ether oxygens (including phenoxy) is 8. The Balaban J connectivity index is 0.742. The molecule has 77 heavy (non-hydrogen) atoms. The van der Waals surface area contributed by atoms with Gasteiger partial charge in [0, 0.05) is 73.9 Å². The van der Waals surface area contributed by atoms with E-state index in [9.17, 15) is 33.6 Å². The zero-order valence-corrected chi connectivity index (χ0v) is 44.7. The number of hydrogen-bond donors (Lipinski definition) is 3. The van der Waals surface area contributed by atoms with E-state index in [1.165, 1.54) is 0 Å². The summed E-state index contributed by atoms with van der Waals surface area (Å²) in [4.78, 5) is 94.3.